The lowest BCUT2D eigenvalue weighted by atomic mass is 10.1. The van der Waals surface area contributed by atoms with Gasteiger partial charge in [-0.2, -0.15) is 0 Å². The number of halogens is 3. The summed E-state index contributed by atoms with van der Waals surface area (Å²) in [7, 11) is 0. The first-order chi connectivity index (χ1) is 8.56. The van der Waals surface area contributed by atoms with Crippen molar-refractivity contribution in [2.45, 2.75) is 13.0 Å². The number of nitrogens with one attached hydrogen (secondary N) is 1. The van der Waals surface area contributed by atoms with Gasteiger partial charge in [0.1, 0.15) is 11.6 Å². The Balaban J connectivity index is 2.22. The molecule has 1 aromatic carbocycles. The monoisotopic (exact) mass is 268 g/mol. The molecule has 1 aromatic heterocycles. The first-order valence-corrected chi connectivity index (χ1v) is 5.76. The fraction of sp³-hybridized carbons (Fsp3) is 0.154. The Morgan fingerprint density at radius 2 is 1.89 bits per heavy atom. The van der Waals surface area contributed by atoms with E-state index >= 15 is 0 Å². The molecule has 94 valence electrons. The molecule has 0 amide bonds. The maximum Gasteiger partial charge on any atom is 0.126 e. The summed E-state index contributed by atoms with van der Waals surface area (Å²) < 4.78 is 26.2. The van der Waals surface area contributed by atoms with Crippen LogP contribution in [0.1, 0.15) is 18.5 Å². The topological polar surface area (TPSA) is 24.9 Å². The van der Waals surface area contributed by atoms with Crippen molar-refractivity contribution in [2.75, 3.05) is 5.32 Å². The van der Waals surface area contributed by atoms with Crippen LogP contribution in [0.25, 0.3) is 0 Å². The highest BCUT2D eigenvalue weighted by Gasteiger charge is 2.10. The molecule has 0 saturated heterocycles. The Morgan fingerprint density at radius 3 is 2.50 bits per heavy atom. The fourth-order valence-electron chi connectivity index (χ4n) is 1.63. The molecular weight excluding hydrogens is 258 g/mol. The third-order valence-corrected chi connectivity index (χ3v) is 2.85. The number of hydrogen-bond acceptors (Lipinski definition) is 2. The summed E-state index contributed by atoms with van der Waals surface area (Å²) in [5.41, 5.74) is 1.13. The van der Waals surface area contributed by atoms with E-state index in [1.54, 1.807) is 25.4 Å². The Bertz CT molecular complexity index is 540. The number of anilines is 1. The Labute approximate surface area is 109 Å². The van der Waals surface area contributed by atoms with Gasteiger partial charge in [0.05, 0.1) is 16.9 Å². The first kappa shape index (κ1) is 12.8. The van der Waals surface area contributed by atoms with Crippen LogP contribution in [0.15, 0.2) is 36.7 Å². The van der Waals surface area contributed by atoms with Crippen LogP contribution < -0.4 is 5.32 Å². The molecule has 1 atom stereocenters. The van der Waals surface area contributed by atoms with Crippen LogP contribution in [-0.2, 0) is 0 Å². The first-order valence-electron chi connectivity index (χ1n) is 5.38. The van der Waals surface area contributed by atoms with E-state index in [9.17, 15) is 8.78 Å². The van der Waals surface area contributed by atoms with E-state index in [1.807, 2.05) is 0 Å². The van der Waals surface area contributed by atoms with Crippen LogP contribution in [0.3, 0.4) is 0 Å². The van der Waals surface area contributed by atoms with Crippen molar-refractivity contribution in [2.24, 2.45) is 0 Å². The highest BCUT2D eigenvalue weighted by atomic mass is 35.5. The van der Waals surface area contributed by atoms with Crippen LogP contribution in [0, 0.1) is 11.6 Å². The van der Waals surface area contributed by atoms with Crippen LogP contribution >= 0.6 is 11.6 Å². The number of aromatic nitrogens is 1. The molecule has 5 heteroatoms. The van der Waals surface area contributed by atoms with Crippen molar-refractivity contribution in [3.8, 4) is 0 Å². The minimum atomic E-state index is -0.601. The van der Waals surface area contributed by atoms with Gasteiger partial charge in [-0.25, -0.2) is 8.78 Å². The minimum Gasteiger partial charge on any atom is -0.376 e. The standard InChI is InChI=1S/C13H11ClF2N2/c1-8(9-4-10(15)6-11(16)5-9)18-13-7-17-3-2-12(13)14/h2-8,18H,1H3. The molecule has 2 rings (SSSR count). The second kappa shape index (κ2) is 5.31. The Morgan fingerprint density at radius 1 is 1.22 bits per heavy atom. The predicted octanol–water partition coefficient (Wildman–Crippen LogP) is 4.19. The van der Waals surface area contributed by atoms with E-state index in [1.165, 1.54) is 12.1 Å². The molecule has 2 nitrogen and oxygen atoms in total. The van der Waals surface area contributed by atoms with Gasteiger partial charge < -0.3 is 5.32 Å². The van der Waals surface area contributed by atoms with E-state index in [2.05, 4.69) is 10.3 Å². The largest absolute Gasteiger partial charge is 0.376 e. The highest BCUT2D eigenvalue weighted by molar-refractivity contribution is 6.33. The highest BCUT2D eigenvalue weighted by Crippen LogP contribution is 2.25. The summed E-state index contributed by atoms with van der Waals surface area (Å²) in [6.07, 6.45) is 3.13. The second-order valence-corrected chi connectivity index (χ2v) is 4.33. The van der Waals surface area contributed by atoms with Crippen LogP contribution in [0.4, 0.5) is 14.5 Å². The van der Waals surface area contributed by atoms with Gasteiger partial charge in [0.25, 0.3) is 0 Å². The summed E-state index contributed by atoms with van der Waals surface area (Å²) >= 11 is 5.97. The molecule has 0 aliphatic heterocycles. The van der Waals surface area contributed by atoms with Crippen molar-refractivity contribution < 1.29 is 8.78 Å². The summed E-state index contributed by atoms with van der Waals surface area (Å²) in [5.74, 6) is -1.20. The van der Waals surface area contributed by atoms with E-state index < -0.39 is 11.6 Å². The van der Waals surface area contributed by atoms with Crippen molar-refractivity contribution in [3.05, 3.63) is 58.9 Å². The molecular formula is C13H11ClF2N2. The summed E-state index contributed by atoms with van der Waals surface area (Å²) in [6.45, 7) is 1.79. The Kier molecular flexibility index (Phi) is 3.77. The van der Waals surface area contributed by atoms with Gasteiger partial charge in [0.2, 0.25) is 0 Å². The average molecular weight is 269 g/mol. The van der Waals surface area contributed by atoms with Crippen molar-refractivity contribution in [1.29, 1.82) is 0 Å². The number of rotatable bonds is 3. The van der Waals surface area contributed by atoms with Gasteiger partial charge in [-0.15, -0.1) is 0 Å². The summed E-state index contributed by atoms with van der Waals surface area (Å²) in [5, 5.41) is 3.56. The van der Waals surface area contributed by atoms with Gasteiger partial charge in [0.15, 0.2) is 0 Å². The molecule has 0 saturated carbocycles. The number of benzene rings is 1. The maximum atomic E-state index is 13.1. The average Bonchev–Trinajstić information content (AvgIpc) is 2.31. The lowest BCUT2D eigenvalue weighted by molar-refractivity contribution is 0.577. The number of nitrogens with zero attached hydrogens (tertiary/aromatic N) is 1. The molecule has 1 unspecified atom stereocenters. The predicted molar refractivity (Wildman–Crippen MR) is 67.6 cm³/mol. The van der Waals surface area contributed by atoms with E-state index in [0.717, 1.165) is 6.07 Å². The zero-order valence-corrected chi connectivity index (χ0v) is 10.4. The van der Waals surface area contributed by atoms with Gasteiger partial charge in [-0.05, 0) is 30.7 Å². The van der Waals surface area contributed by atoms with E-state index in [0.29, 0.717) is 16.3 Å². The van der Waals surface area contributed by atoms with E-state index in [-0.39, 0.29) is 6.04 Å². The van der Waals surface area contributed by atoms with Crippen LogP contribution in [-0.4, -0.2) is 4.98 Å². The minimum absolute atomic E-state index is 0.281. The SMILES string of the molecule is CC(Nc1cnccc1Cl)c1cc(F)cc(F)c1. The van der Waals surface area contributed by atoms with Gasteiger partial charge in [-0.1, -0.05) is 11.6 Å². The fourth-order valence-corrected chi connectivity index (χ4v) is 1.79. The number of pyridine rings is 1. The molecule has 2 aromatic rings. The smallest absolute Gasteiger partial charge is 0.126 e. The molecule has 0 aliphatic rings. The van der Waals surface area contributed by atoms with Gasteiger partial charge >= 0.3 is 0 Å². The maximum absolute atomic E-state index is 13.1. The second-order valence-electron chi connectivity index (χ2n) is 3.92. The third-order valence-electron chi connectivity index (χ3n) is 2.52. The van der Waals surface area contributed by atoms with E-state index in [4.69, 9.17) is 11.6 Å². The van der Waals surface area contributed by atoms with Crippen molar-refractivity contribution in [3.63, 3.8) is 0 Å². The molecule has 18 heavy (non-hydrogen) atoms. The van der Waals surface area contributed by atoms with Crippen molar-refractivity contribution >= 4 is 17.3 Å². The lowest BCUT2D eigenvalue weighted by Crippen LogP contribution is -2.08. The Hall–Kier alpha value is -1.68. The zero-order chi connectivity index (χ0) is 13.1. The van der Waals surface area contributed by atoms with Crippen LogP contribution in [0.2, 0.25) is 5.02 Å². The molecule has 0 spiro atoms. The summed E-state index contributed by atoms with van der Waals surface area (Å²) in [6, 6.07) is 4.77. The van der Waals surface area contributed by atoms with Crippen LogP contribution in [0.5, 0.6) is 0 Å². The third kappa shape index (κ3) is 2.96. The summed E-state index contributed by atoms with van der Waals surface area (Å²) in [4.78, 5) is 3.93. The molecule has 0 fully saturated rings. The molecule has 1 heterocycles. The molecule has 1 N–H and O–H groups in total. The molecule has 0 bridgehead atoms. The lowest BCUT2D eigenvalue weighted by Gasteiger charge is -2.16. The molecule has 0 aliphatic carbocycles. The van der Waals surface area contributed by atoms with Gasteiger partial charge in [-0.3, -0.25) is 4.98 Å². The van der Waals surface area contributed by atoms with Crippen molar-refractivity contribution in [1.82, 2.24) is 4.98 Å². The quantitative estimate of drug-likeness (QED) is 0.903. The normalized spacial score (nSPS) is 12.2. The number of hydrogen-bond donors (Lipinski definition) is 1. The zero-order valence-electron chi connectivity index (χ0n) is 9.62. The molecule has 0 radical (unpaired) electrons. The van der Waals surface area contributed by atoms with Gasteiger partial charge in [0, 0.05) is 18.3 Å².